The van der Waals surface area contributed by atoms with Crippen LogP contribution in [0.15, 0.2) is 60.7 Å². The van der Waals surface area contributed by atoms with Crippen LogP contribution in [0.5, 0.6) is 5.75 Å². The van der Waals surface area contributed by atoms with Crippen LogP contribution in [0.4, 0.5) is 5.69 Å². The van der Waals surface area contributed by atoms with E-state index in [4.69, 9.17) is 27.9 Å². The quantitative estimate of drug-likeness (QED) is 0.535. The van der Waals surface area contributed by atoms with E-state index in [0.717, 1.165) is 22.4 Å². The number of ether oxygens (including phenoxy) is 1. The lowest BCUT2D eigenvalue weighted by atomic mass is 10.1. The van der Waals surface area contributed by atoms with Crippen LogP contribution >= 0.6 is 23.2 Å². The first-order valence-electron chi connectivity index (χ1n) is 8.48. The van der Waals surface area contributed by atoms with Gasteiger partial charge in [0.15, 0.2) is 0 Å². The lowest BCUT2D eigenvalue weighted by Gasteiger charge is -2.12. The van der Waals surface area contributed by atoms with Gasteiger partial charge in [0, 0.05) is 11.3 Å². The molecule has 0 spiro atoms. The number of carbonyl (C=O) groups is 1. The van der Waals surface area contributed by atoms with E-state index in [-0.39, 0.29) is 5.91 Å². The topological polar surface area (TPSA) is 38.3 Å². The van der Waals surface area contributed by atoms with E-state index in [0.29, 0.717) is 28.0 Å². The van der Waals surface area contributed by atoms with Gasteiger partial charge < -0.3 is 10.1 Å². The summed E-state index contributed by atoms with van der Waals surface area (Å²) in [6.45, 7) is 4.28. The van der Waals surface area contributed by atoms with Gasteiger partial charge in [0.05, 0.1) is 10.0 Å². The smallest absolute Gasteiger partial charge is 0.255 e. The van der Waals surface area contributed by atoms with Crippen LogP contribution in [0.3, 0.4) is 0 Å². The van der Waals surface area contributed by atoms with Crippen molar-refractivity contribution in [1.29, 1.82) is 0 Å². The fourth-order valence-corrected chi connectivity index (χ4v) is 3.04. The summed E-state index contributed by atoms with van der Waals surface area (Å²) in [6.07, 6.45) is 0. The SMILES string of the molecule is Cc1cccc(C)c1NC(=O)c1cccc(OCc2ccc(Cl)c(Cl)c2)c1. The van der Waals surface area contributed by atoms with Gasteiger partial charge in [0.2, 0.25) is 0 Å². The average Bonchev–Trinajstić information content (AvgIpc) is 2.66. The van der Waals surface area contributed by atoms with Crippen LogP contribution in [-0.4, -0.2) is 5.91 Å². The van der Waals surface area contributed by atoms with Crippen LogP contribution in [0.1, 0.15) is 27.0 Å². The van der Waals surface area contributed by atoms with E-state index < -0.39 is 0 Å². The van der Waals surface area contributed by atoms with Gasteiger partial charge in [-0.1, -0.05) is 53.5 Å². The van der Waals surface area contributed by atoms with Gasteiger partial charge in [-0.25, -0.2) is 0 Å². The predicted octanol–water partition coefficient (Wildman–Crippen LogP) is 6.44. The third-order valence-corrected chi connectivity index (χ3v) is 4.94. The first kappa shape index (κ1) is 19.3. The maximum Gasteiger partial charge on any atom is 0.255 e. The first-order valence-corrected chi connectivity index (χ1v) is 9.24. The Bertz CT molecular complexity index is 966. The molecule has 0 heterocycles. The Kier molecular flexibility index (Phi) is 6.04. The minimum atomic E-state index is -0.174. The molecule has 3 rings (SSSR count). The number of amides is 1. The highest BCUT2D eigenvalue weighted by atomic mass is 35.5. The summed E-state index contributed by atoms with van der Waals surface area (Å²) in [5.41, 5.74) is 4.31. The third kappa shape index (κ3) is 4.82. The van der Waals surface area contributed by atoms with Gasteiger partial charge in [0.25, 0.3) is 5.91 Å². The number of nitrogens with one attached hydrogen (secondary N) is 1. The van der Waals surface area contributed by atoms with E-state index in [1.165, 1.54) is 0 Å². The van der Waals surface area contributed by atoms with Crippen LogP contribution in [-0.2, 0) is 6.61 Å². The molecule has 0 saturated heterocycles. The predicted molar refractivity (Wildman–Crippen MR) is 111 cm³/mol. The number of hydrogen-bond donors (Lipinski definition) is 1. The molecular formula is C22H19Cl2NO2. The van der Waals surface area contributed by atoms with Crippen molar-refractivity contribution in [2.45, 2.75) is 20.5 Å². The Labute approximate surface area is 168 Å². The molecule has 27 heavy (non-hydrogen) atoms. The van der Waals surface area contributed by atoms with Crippen LogP contribution in [0.2, 0.25) is 10.0 Å². The highest BCUT2D eigenvalue weighted by molar-refractivity contribution is 6.42. The van der Waals surface area contributed by atoms with Crippen molar-refractivity contribution < 1.29 is 9.53 Å². The molecule has 0 fully saturated rings. The summed E-state index contributed by atoms with van der Waals surface area (Å²) in [7, 11) is 0. The number of anilines is 1. The molecule has 0 aliphatic heterocycles. The number of rotatable bonds is 5. The Morgan fingerprint density at radius 1 is 0.926 bits per heavy atom. The fourth-order valence-electron chi connectivity index (χ4n) is 2.72. The normalized spacial score (nSPS) is 10.5. The van der Waals surface area contributed by atoms with E-state index in [1.807, 2.05) is 44.2 Å². The molecule has 0 radical (unpaired) electrons. The Balaban J connectivity index is 1.71. The van der Waals surface area contributed by atoms with Crippen LogP contribution in [0, 0.1) is 13.8 Å². The molecule has 3 aromatic carbocycles. The van der Waals surface area contributed by atoms with Crippen molar-refractivity contribution in [2.24, 2.45) is 0 Å². The molecule has 138 valence electrons. The van der Waals surface area contributed by atoms with Gasteiger partial charge in [0.1, 0.15) is 12.4 Å². The Morgan fingerprint density at radius 3 is 2.33 bits per heavy atom. The number of halogens is 2. The molecule has 3 aromatic rings. The van der Waals surface area contributed by atoms with Crippen molar-refractivity contribution in [3.05, 3.63) is 93.0 Å². The minimum Gasteiger partial charge on any atom is -0.489 e. The molecule has 0 bridgehead atoms. The summed E-state index contributed by atoms with van der Waals surface area (Å²) in [4.78, 5) is 12.6. The highest BCUT2D eigenvalue weighted by Gasteiger charge is 2.11. The summed E-state index contributed by atoms with van der Waals surface area (Å²) < 4.78 is 5.79. The molecule has 0 atom stereocenters. The molecular weight excluding hydrogens is 381 g/mol. The van der Waals surface area contributed by atoms with Gasteiger partial charge in [-0.2, -0.15) is 0 Å². The summed E-state index contributed by atoms with van der Waals surface area (Å²) >= 11 is 11.9. The maximum atomic E-state index is 12.6. The largest absolute Gasteiger partial charge is 0.489 e. The molecule has 3 nitrogen and oxygen atoms in total. The van der Waals surface area contributed by atoms with Crippen molar-refractivity contribution >= 4 is 34.8 Å². The van der Waals surface area contributed by atoms with Gasteiger partial charge >= 0.3 is 0 Å². The molecule has 0 unspecified atom stereocenters. The average molecular weight is 400 g/mol. The van der Waals surface area contributed by atoms with E-state index in [9.17, 15) is 4.79 Å². The maximum absolute atomic E-state index is 12.6. The summed E-state index contributed by atoms with van der Waals surface area (Å²) in [5, 5.41) is 3.97. The number of hydrogen-bond acceptors (Lipinski definition) is 2. The second kappa shape index (κ2) is 8.47. The fraction of sp³-hybridized carbons (Fsp3) is 0.136. The molecule has 0 aliphatic carbocycles. The third-order valence-electron chi connectivity index (χ3n) is 4.21. The zero-order valence-electron chi connectivity index (χ0n) is 15.1. The molecule has 0 aliphatic rings. The highest BCUT2D eigenvalue weighted by Crippen LogP contribution is 2.24. The number of carbonyl (C=O) groups excluding carboxylic acids is 1. The molecule has 1 amide bonds. The molecule has 5 heteroatoms. The lowest BCUT2D eigenvalue weighted by Crippen LogP contribution is -2.13. The summed E-state index contributed by atoms with van der Waals surface area (Å²) in [5.74, 6) is 0.433. The van der Waals surface area contributed by atoms with Crippen molar-refractivity contribution in [3.8, 4) is 5.75 Å². The summed E-state index contributed by atoms with van der Waals surface area (Å²) in [6, 6.07) is 18.4. The number of para-hydroxylation sites is 1. The molecule has 0 saturated carbocycles. The van der Waals surface area contributed by atoms with E-state index >= 15 is 0 Å². The van der Waals surface area contributed by atoms with Crippen molar-refractivity contribution in [1.82, 2.24) is 0 Å². The zero-order chi connectivity index (χ0) is 19.4. The lowest BCUT2D eigenvalue weighted by molar-refractivity contribution is 0.102. The monoisotopic (exact) mass is 399 g/mol. The standard InChI is InChI=1S/C22H19Cl2NO2/c1-14-5-3-6-15(2)21(14)25-22(26)17-7-4-8-18(12-17)27-13-16-9-10-19(23)20(24)11-16/h3-12H,13H2,1-2H3,(H,25,26). The van der Waals surface area contributed by atoms with Crippen molar-refractivity contribution in [2.75, 3.05) is 5.32 Å². The zero-order valence-corrected chi connectivity index (χ0v) is 16.6. The van der Waals surface area contributed by atoms with Crippen molar-refractivity contribution in [3.63, 3.8) is 0 Å². The van der Waals surface area contributed by atoms with Gasteiger partial charge in [-0.15, -0.1) is 0 Å². The number of aryl methyl sites for hydroxylation is 2. The molecule has 0 aromatic heterocycles. The number of benzene rings is 3. The first-order chi connectivity index (χ1) is 12.9. The van der Waals surface area contributed by atoms with Crippen LogP contribution in [0.25, 0.3) is 0 Å². The Hall–Kier alpha value is -2.49. The van der Waals surface area contributed by atoms with Gasteiger partial charge in [-0.05, 0) is 60.9 Å². The van der Waals surface area contributed by atoms with E-state index in [2.05, 4.69) is 5.32 Å². The van der Waals surface area contributed by atoms with Crippen LogP contribution < -0.4 is 10.1 Å². The Morgan fingerprint density at radius 2 is 1.63 bits per heavy atom. The second-order valence-corrected chi connectivity index (χ2v) is 7.10. The molecule has 1 N–H and O–H groups in total. The minimum absolute atomic E-state index is 0.174. The van der Waals surface area contributed by atoms with E-state index in [1.54, 1.807) is 30.3 Å². The van der Waals surface area contributed by atoms with Gasteiger partial charge in [-0.3, -0.25) is 4.79 Å². The second-order valence-electron chi connectivity index (χ2n) is 6.29.